The zero-order chi connectivity index (χ0) is 13.0. The minimum absolute atomic E-state index is 0.105. The van der Waals surface area contributed by atoms with Crippen LogP contribution in [0.15, 0.2) is 29.8 Å². The van der Waals surface area contributed by atoms with Gasteiger partial charge in [0.05, 0.1) is 7.11 Å². The number of benzene rings is 1. The first-order valence-corrected chi connectivity index (χ1v) is 6.22. The maximum Gasteiger partial charge on any atom is 0.159 e. The van der Waals surface area contributed by atoms with Gasteiger partial charge in [0, 0.05) is 18.6 Å². The predicted octanol–water partition coefficient (Wildman–Crippen LogP) is 2.44. The smallest absolute Gasteiger partial charge is 0.159 e. The number of Topliss-reactive ketones (excluding diaryl/α,β-unsaturated/α-hetero) is 1. The van der Waals surface area contributed by atoms with Crippen LogP contribution in [0, 0.1) is 5.92 Å². The summed E-state index contributed by atoms with van der Waals surface area (Å²) in [5, 5.41) is 9.08. The zero-order valence-corrected chi connectivity index (χ0v) is 10.6. The Morgan fingerprint density at radius 2 is 2.22 bits per heavy atom. The van der Waals surface area contributed by atoms with Crippen molar-refractivity contribution in [1.29, 1.82) is 0 Å². The first-order valence-electron chi connectivity index (χ1n) is 6.22. The Bertz CT molecular complexity index is 463. The maximum absolute atomic E-state index is 11.9. The molecule has 0 aliphatic heterocycles. The molecule has 3 heteroatoms. The molecular formula is C15H18O3. The second kappa shape index (κ2) is 5.83. The Hall–Kier alpha value is -1.61. The molecule has 0 saturated heterocycles. The molecule has 0 heterocycles. The molecule has 2 rings (SSSR count). The number of allylic oxidation sites excluding steroid dienone is 1. The van der Waals surface area contributed by atoms with Crippen LogP contribution >= 0.6 is 0 Å². The molecule has 0 radical (unpaired) electrons. The van der Waals surface area contributed by atoms with Crippen molar-refractivity contribution in [2.24, 2.45) is 5.92 Å². The molecule has 1 aliphatic carbocycles. The van der Waals surface area contributed by atoms with E-state index in [1.807, 2.05) is 30.3 Å². The van der Waals surface area contributed by atoms with Crippen molar-refractivity contribution in [3.63, 3.8) is 0 Å². The summed E-state index contributed by atoms with van der Waals surface area (Å²) in [6.45, 7) is 0.105. The highest BCUT2D eigenvalue weighted by molar-refractivity contribution is 6.00. The van der Waals surface area contributed by atoms with E-state index in [2.05, 4.69) is 0 Å². The molecule has 1 aromatic rings. The third-order valence-corrected chi connectivity index (χ3v) is 3.38. The van der Waals surface area contributed by atoms with Gasteiger partial charge in [0.1, 0.15) is 5.75 Å². The minimum atomic E-state index is 0.105. The van der Waals surface area contributed by atoms with Crippen molar-refractivity contribution in [3.8, 4) is 5.75 Å². The highest BCUT2D eigenvalue weighted by atomic mass is 16.5. The standard InChI is InChI=1S/C15H18O3/c1-18-15-5-3-2-4-13(15)9-12-7-6-11(10-16)8-14(12)17/h2-5,9,11,16H,6-8,10H2,1H3/b12-9-. The summed E-state index contributed by atoms with van der Waals surface area (Å²) in [6.07, 6.45) is 3.98. The van der Waals surface area contributed by atoms with E-state index in [1.165, 1.54) is 0 Å². The number of methoxy groups -OCH3 is 1. The van der Waals surface area contributed by atoms with E-state index in [1.54, 1.807) is 7.11 Å². The lowest BCUT2D eigenvalue weighted by atomic mass is 9.84. The lowest BCUT2D eigenvalue weighted by molar-refractivity contribution is -0.117. The van der Waals surface area contributed by atoms with Gasteiger partial charge in [-0.2, -0.15) is 0 Å². The third kappa shape index (κ3) is 2.79. The summed E-state index contributed by atoms with van der Waals surface area (Å²) in [5.74, 6) is 1.06. The largest absolute Gasteiger partial charge is 0.496 e. The Morgan fingerprint density at radius 1 is 1.44 bits per heavy atom. The van der Waals surface area contributed by atoms with Gasteiger partial charge in [-0.3, -0.25) is 4.79 Å². The molecule has 1 fully saturated rings. The summed E-state index contributed by atoms with van der Waals surface area (Å²) in [6, 6.07) is 7.66. The van der Waals surface area contributed by atoms with Crippen LogP contribution in [0.1, 0.15) is 24.8 Å². The molecule has 1 aliphatic rings. The van der Waals surface area contributed by atoms with Crippen LogP contribution in [0.2, 0.25) is 0 Å². The number of para-hydroxylation sites is 1. The van der Waals surface area contributed by atoms with Gasteiger partial charge in [-0.05, 0) is 36.5 Å². The second-order valence-electron chi connectivity index (χ2n) is 4.63. The fourth-order valence-electron chi connectivity index (χ4n) is 2.28. The van der Waals surface area contributed by atoms with E-state index < -0.39 is 0 Å². The van der Waals surface area contributed by atoms with Crippen molar-refractivity contribution < 1.29 is 14.6 Å². The number of carbonyl (C=O) groups excluding carboxylic acids is 1. The SMILES string of the molecule is COc1ccccc1/C=C1/CCC(CO)CC1=O. The number of hydrogen-bond donors (Lipinski definition) is 1. The van der Waals surface area contributed by atoms with Gasteiger partial charge in [-0.25, -0.2) is 0 Å². The van der Waals surface area contributed by atoms with E-state index in [0.29, 0.717) is 6.42 Å². The van der Waals surface area contributed by atoms with Crippen LogP contribution in [-0.2, 0) is 4.79 Å². The molecule has 1 atom stereocenters. The molecule has 0 amide bonds. The number of hydrogen-bond acceptors (Lipinski definition) is 3. The summed E-state index contributed by atoms with van der Waals surface area (Å²) < 4.78 is 5.27. The normalized spacial score (nSPS) is 22.2. The van der Waals surface area contributed by atoms with Crippen molar-refractivity contribution in [2.45, 2.75) is 19.3 Å². The van der Waals surface area contributed by atoms with Crippen LogP contribution in [0.25, 0.3) is 6.08 Å². The molecule has 1 saturated carbocycles. The molecule has 3 nitrogen and oxygen atoms in total. The quantitative estimate of drug-likeness (QED) is 0.833. The number of rotatable bonds is 3. The Kier molecular flexibility index (Phi) is 4.15. The van der Waals surface area contributed by atoms with E-state index in [4.69, 9.17) is 9.84 Å². The Balaban J connectivity index is 2.21. The minimum Gasteiger partial charge on any atom is -0.496 e. The lowest BCUT2D eigenvalue weighted by Gasteiger charge is -2.21. The van der Waals surface area contributed by atoms with Gasteiger partial charge in [0.2, 0.25) is 0 Å². The number of carbonyl (C=O) groups is 1. The molecule has 18 heavy (non-hydrogen) atoms. The molecule has 1 unspecified atom stereocenters. The van der Waals surface area contributed by atoms with Crippen LogP contribution < -0.4 is 4.74 Å². The summed E-state index contributed by atoms with van der Waals surface area (Å²) >= 11 is 0. The van der Waals surface area contributed by atoms with E-state index >= 15 is 0 Å². The first-order chi connectivity index (χ1) is 8.74. The molecule has 0 bridgehead atoms. The first kappa shape index (κ1) is 12.8. The maximum atomic E-state index is 11.9. The fraction of sp³-hybridized carbons (Fsp3) is 0.400. The molecule has 1 N–H and O–H groups in total. The lowest BCUT2D eigenvalue weighted by Crippen LogP contribution is -2.20. The van der Waals surface area contributed by atoms with Gasteiger partial charge in [0.25, 0.3) is 0 Å². The van der Waals surface area contributed by atoms with E-state index in [9.17, 15) is 4.79 Å². The summed E-state index contributed by atoms with van der Waals surface area (Å²) in [4.78, 5) is 11.9. The molecule has 0 spiro atoms. The van der Waals surface area contributed by atoms with Crippen molar-refractivity contribution >= 4 is 11.9 Å². The number of aliphatic hydroxyl groups is 1. The summed E-state index contributed by atoms with van der Waals surface area (Å²) in [5.41, 5.74) is 1.77. The third-order valence-electron chi connectivity index (χ3n) is 3.38. The molecule has 1 aromatic carbocycles. The topological polar surface area (TPSA) is 46.5 Å². The van der Waals surface area contributed by atoms with Crippen LogP contribution in [0.5, 0.6) is 5.75 Å². The Morgan fingerprint density at radius 3 is 2.89 bits per heavy atom. The molecule has 96 valence electrons. The van der Waals surface area contributed by atoms with Gasteiger partial charge in [0.15, 0.2) is 5.78 Å². The zero-order valence-electron chi connectivity index (χ0n) is 10.6. The molecule has 0 aromatic heterocycles. The van der Waals surface area contributed by atoms with Gasteiger partial charge in [-0.1, -0.05) is 18.2 Å². The van der Waals surface area contributed by atoms with Crippen molar-refractivity contribution in [1.82, 2.24) is 0 Å². The van der Waals surface area contributed by atoms with Crippen LogP contribution in [-0.4, -0.2) is 24.6 Å². The van der Waals surface area contributed by atoms with Crippen molar-refractivity contribution in [3.05, 3.63) is 35.4 Å². The average molecular weight is 246 g/mol. The number of aliphatic hydroxyl groups excluding tert-OH is 1. The summed E-state index contributed by atoms with van der Waals surface area (Å²) in [7, 11) is 1.63. The predicted molar refractivity (Wildman–Crippen MR) is 70.4 cm³/mol. The monoisotopic (exact) mass is 246 g/mol. The number of ketones is 1. The number of ether oxygens (including phenoxy) is 1. The average Bonchev–Trinajstić information content (AvgIpc) is 2.41. The van der Waals surface area contributed by atoms with Crippen LogP contribution in [0.4, 0.5) is 0 Å². The second-order valence-corrected chi connectivity index (χ2v) is 4.63. The Labute approximate surface area is 107 Å². The van der Waals surface area contributed by atoms with E-state index in [-0.39, 0.29) is 18.3 Å². The van der Waals surface area contributed by atoms with Gasteiger partial charge in [-0.15, -0.1) is 0 Å². The van der Waals surface area contributed by atoms with Crippen molar-refractivity contribution in [2.75, 3.05) is 13.7 Å². The highest BCUT2D eigenvalue weighted by Gasteiger charge is 2.23. The van der Waals surface area contributed by atoms with Crippen LogP contribution in [0.3, 0.4) is 0 Å². The van der Waals surface area contributed by atoms with Gasteiger partial charge < -0.3 is 9.84 Å². The van der Waals surface area contributed by atoms with E-state index in [0.717, 1.165) is 29.7 Å². The highest BCUT2D eigenvalue weighted by Crippen LogP contribution is 2.28. The molecular weight excluding hydrogens is 228 g/mol. The van der Waals surface area contributed by atoms with Gasteiger partial charge >= 0.3 is 0 Å². The fourth-order valence-corrected chi connectivity index (χ4v) is 2.28.